The van der Waals surface area contributed by atoms with Crippen LogP contribution < -0.4 is 5.73 Å². The Hall–Kier alpha value is -2.93. The van der Waals surface area contributed by atoms with E-state index in [0.717, 1.165) is 41.0 Å². The van der Waals surface area contributed by atoms with Gasteiger partial charge in [-0.25, -0.2) is 15.0 Å². The quantitative estimate of drug-likeness (QED) is 0.735. The molecule has 1 fully saturated rings. The lowest BCUT2D eigenvalue weighted by Gasteiger charge is -2.07. The lowest BCUT2D eigenvalue weighted by molar-refractivity contribution is 0.950. The number of hydrogen-bond donors (Lipinski definition) is 1. The van der Waals surface area contributed by atoms with Gasteiger partial charge in [-0.3, -0.25) is 0 Å². The van der Waals surface area contributed by atoms with Crippen molar-refractivity contribution in [2.75, 3.05) is 5.73 Å². The SMILES string of the molecule is C#Cc1cccc(-c2ccc3nc(C4CC4)nc(N)c3n2)c1. The summed E-state index contributed by atoms with van der Waals surface area (Å²) in [5.74, 6) is 4.39. The zero-order chi connectivity index (χ0) is 15.1. The summed E-state index contributed by atoms with van der Waals surface area (Å²) in [6, 6.07) is 11.6. The maximum atomic E-state index is 6.08. The Balaban J connectivity index is 1.85. The number of nitrogens with zero attached hydrogens (tertiary/aromatic N) is 3. The Morgan fingerprint density at radius 3 is 2.73 bits per heavy atom. The zero-order valence-corrected chi connectivity index (χ0v) is 12.0. The number of anilines is 1. The molecule has 106 valence electrons. The molecule has 2 heterocycles. The zero-order valence-electron chi connectivity index (χ0n) is 12.0. The minimum atomic E-state index is 0.446. The summed E-state index contributed by atoms with van der Waals surface area (Å²) in [7, 11) is 0. The summed E-state index contributed by atoms with van der Waals surface area (Å²) in [4.78, 5) is 13.6. The highest BCUT2D eigenvalue weighted by Gasteiger charge is 2.27. The summed E-state index contributed by atoms with van der Waals surface area (Å²) in [6.45, 7) is 0. The van der Waals surface area contributed by atoms with Crippen LogP contribution in [0, 0.1) is 12.3 Å². The molecular weight excluding hydrogens is 272 g/mol. The molecule has 0 aliphatic heterocycles. The highest BCUT2D eigenvalue weighted by Crippen LogP contribution is 2.39. The van der Waals surface area contributed by atoms with E-state index in [9.17, 15) is 0 Å². The second-order valence-electron chi connectivity index (χ2n) is 5.53. The van der Waals surface area contributed by atoms with Gasteiger partial charge in [0.25, 0.3) is 0 Å². The molecule has 4 heteroatoms. The molecule has 2 N–H and O–H groups in total. The number of hydrogen-bond acceptors (Lipinski definition) is 4. The monoisotopic (exact) mass is 286 g/mol. The number of aromatic nitrogens is 3. The Bertz CT molecular complexity index is 920. The Morgan fingerprint density at radius 2 is 1.95 bits per heavy atom. The summed E-state index contributed by atoms with van der Waals surface area (Å²) in [5.41, 5.74) is 10.1. The molecule has 4 rings (SSSR count). The molecule has 1 saturated carbocycles. The van der Waals surface area contributed by atoms with Gasteiger partial charge in [-0.1, -0.05) is 18.1 Å². The van der Waals surface area contributed by atoms with Gasteiger partial charge < -0.3 is 5.73 Å². The van der Waals surface area contributed by atoms with E-state index in [2.05, 4.69) is 20.9 Å². The lowest BCUT2D eigenvalue weighted by Crippen LogP contribution is -2.01. The molecule has 2 aromatic heterocycles. The van der Waals surface area contributed by atoms with Crippen LogP contribution in [0.4, 0.5) is 5.82 Å². The molecule has 0 unspecified atom stereocenters. The Morgan fingerprint density at radius 1 is 1.09 bits per heavy atom. The van der Waals surface area contributed by atoms with Gasteiger partial charge in [-0.15, -0.1) is 6.42 Å². The van der Waals surface area contributed by atoms with Gasteiger partial charge in [0.05, 0.1) is 11.2 Å². The van der Waals surface area contributed by atoms with Crippen molar-refractivity contribution in [2.45, 2.75) is 18.8 Å². The van der Waals surface area contributed by atoms with Crippen molar-refractivity contribution in [3.05, 3.63) is 47.8 Å². The molecule has 0 radical (unpaired) electrons. The molecule has 1 aromatic carbocycles. The number of nitrogen functional groups attached to an aromatic ring is 1. The minimum Gasteiger partial charge on any atom is -0.382 e. The number of benzene rings is 1. The van der Waals surface area contributed by atoms with Crippen LogP contribution in [0.15, 0.2) is 36.4 Å². The number of nitrogens with two attached hydrogens (primary N) is 1. The summed E-state index contributed by atoms with van der Waals surface area (Å²) in [5, 5.41) is 0. The normalized spacial score (nSPS) is 14.0. The average molecular weight is 286 g/mol. The molecule has 3 aromatic rings. The summed E-state index contributed by atoms with van der Waals surface area (Å²) >= 11 is 0. The molecule has 0 saturated heterocycles. The van der Waals surface area contributed by atoms with Crippen LogP contribution in [0.5, 0.6) is 0 Å². The number of pyridine rings is 1. The van der Waals surface area contributed by atoms with E-state index in [4.69, 9.17) is 12.2 Å². The highest BCUT2D eigenvalue weighted by atomic mass is 15.0. The van der Waals surface area contributed by atoms with Gasteiger partial charge in [0, 0.05) is 17.0 Å². The molecule has 0 amide bonds. The smallest absolute Gasteiger partial charge is 0.153 e. The van der Waals surface area contributed by atoms with Crippen molar-refractivity contribution >= 4 is 16.9 Å². The average Bonchev–Trinajstić information content (AvgIpc) is 3.39. The van der Waals surface area contributed by atoms with Crippen molar-refractivity contribution in [1.29, 1.82) is 0 Å². The number of rotatable bonds is 2. The third kappa shape index (κ3) is 2.17. The van der Waals surface area contributed by atoms with Crippen molar-refractivity contribution in [3.63, 3.8) is 0 Å². The molecule has 4 nitrogen and oxygen atoms in total. The van der Waals surface area contributed by atoms with Crippen LogP contribution in [-0.2, 0) is 0 Å². The standard InChI is InChI=1S/C18H14N4/c1-2-11-4-3-5-13(10-11)14-8-9-15-16(20-14)17(19)22-18(21-15)12-6-7-12/h1,3-5,8-10,12H,6-7H2,(H2,19,21,22). The number of fused-ring (bicyclic) bond motifs is 1. The molecular formula is C18H14N4. The summed E-state index contributed by atoms with van der Waals surface area (Å²) < 4.78 is 0. The maximum absolute atomic E-state index is 6.08. The first-order valence-electron chi connectivity index (χ1n) is 7.26. The minimum absolute atomic E-state index is 0.446. The topological polar surface area (TPSA) is 64.7 Å². The van der Waals surface area contributed by atoms with Crippen LogP contribution >= 0.6 is 0 Å². The van der Waals surface area contributed by atoms with E-state index >= 15 is 0 Å². The van der Waals surface area contributed by atoms with Crippen LogP contribution in [0.25, 0.3) is 22.3 Å². The van der Waals surface area contributed by atoms with Gasteiger partial charge in [0.1, 0.15) is 11.3 Å². The second kappa shape index (κ2) is 4.81. The fraction of sp³-hybridized carbons (Fsp3) is 0.167. The number of terminal acetylenes is 1. The predicted octanol–water partition coefficient (Wildman–Crippen LogP) is 3.13. The maximum Gasteiger partial charge on any atom is 0.153 e. The Kier molecular flexibility index (Phi) is 2.80. The molecule has 0 atom stereocenters. The summed E-state index contributed by atoms with van der Waals surface area (Å²) in [6.07, 6.45) is 7.75. The van der Waals surface area contributed by atoms with E-state index in [1.807, 2.05) is 36.4 Å². The van der Waals surface area contributed by atoms with E-state index in [-0.39, 0.29) is 0 Å². The van der Waals surface area contributed by atoms with Gasteiger partial charge in [0.2, 0.25) is 0 Å². The van der Waals surface area contributed by atoms with Crippen LogP contribution in [0.2, 0.25) is 0 Å². The largest absolute Gasteiger partial charge is 0.382 e. The third-order valence-electron chi connectivity index (χ3n) is 3.85. The second-order valence-corrected chi connectivity index (χ2v) is 5.53. The molecule has 0 bridgehead atoms. The molecule has 0 spiro atoms. The molecule has 22 heavy (non-hydrogen) atoms. The van der Waals surface area contributed by atoms with Gasteiger partial charge in [-0.2, -0.15) is 0 Å². The van der Waals surface area contributed by atoms with Crippen molar-refractivity contribution < 1.29 is 0 Å². The fourth-order valence-electron chi connectivity index (χ4n) is 2.51. The first kappa shape index (κ1) is 12.8. The van der Waals surface area contributed by atoms with Gasteiger partial charge in [0.15, 0.2) is 5.82 Å². The highest BCUT2D eigenvalue weighted by molar-refractivity contribution is 5.86. The molecule has 1 aliphatic carbocycles. The lowest BCUT2D eigenvalue weighted by atomic mass is 10.1. The first-order chi connectivity index (χ1) is 10.7. The third-order valence-corrected chi connectivity index (χ3v) is 3.85. The predicted molar refractivity (Wildman–Crippen MR) is 87.1 cm³/mol. The van der Waals surface area contributed by atoms with E-state index < -0.39 is 0 Å². The van der Waals surface area contributed by atoms with E-state index in [0.29, 0.717) is 17.3 Å². The van der Waals surface area contributed by atoms with E-state index in [1.165, 1.54) is 0 Å². The molecule has 1 aliphatic rings. The van der Waals surface area contributed by atoms with Crippen molar-refractivity contribution in [3.8, 4) is 23.6 Å². The van der Waals surface area contributed by atoms with Crippen molar-refractivity contribution in [2.24, 2.45) is 0 Å². The van der Waals surface area contributed by atoms with E-state index in [1.54, 1.807) is 0 Å². The van der Waals surface area contributed by atoms with Crippen molar-refractivity contribution in [1.82, 2.24) is 15.0 Å². The Labute approximate surface area is 128 Å². The van der Waals surface area contributed by atoms with Crippen LogP contribution in [-0.4, -0.2) is 15.0 Å². The van der Waals surface area contributed by atoms with Gasteiger partial charge >= 0.3 is 0 Å². The first-order valence-corrected chi connectivity index (χ1v) is 7.26. The van der Waals surface area contributed by atoms with Crippen LogP contribution in [0.3, 0.4) is 0 Å². The van der Waals surface area contributed by atoms with Crippen LogP contribution in [0.1, 0.15) is 30.1 Å². The fourth-order valence-corrected chi connectivity index (χ4v) is 2.51. The van der Waals surface area contributed by atoms with Gasteiger partial charge in [-0.05, 0) is 37.1 Å².